The van der Waals surface area contributed by atoms with E-state index in [1.54, 1.807) is 6.20 Å². The van der Waals surface area contributed by atoms with Crippen molar-refractivity contribution in [3.63, 3.8) is 0 Å². The molecule has 0 N–H and O–H groups in total. The molecular weight excluding hydrogens is 426 g/mol. The van der Waals surface area contributed by atoms with Crippen LogP contribution in [0, 0.1) is 75.4 Å². The van der Waals surface area contributed by atoms with Gasteiger partial charge in [-0.25, -0.2) is 0 Å². The quantitative estimate of drug-likeness (QED) is 0.408. The number of terminal acetylenes is 1. The molecule has 0 aliphatic heterocycles. The zero-order valence-electron chi connectivity index (χ0n) is 22.7. The van der Waals surface area contributed by atoms with Gasteiger partial charge in [0.2, 0.25) is 0 Å². The Balaban J connectivity index is 1.38. The minimum atomic E-state index is 0.0128. The predicted octanol–water partition coefficient (Wildman–Crippen LogP) is 7.86. The molecule has 35 heavy (non-hydrogen) atoms. The molecule has 0 spiro atoms. The molecule has 5 rings (SSSR count). The Labute approximate surface area is 214 Å². The second kappa shape index (κ2) is 9.29. The fraction of sp³-hybridized carbons (Fsp3) is 0.812. The lowest BCUT2D eigenvalue weighted by Crippen LogP contribution is -2.59. The van der Waals surface area contributed by atoms with Gasteiger partial charge in [-0.05, 0) is 104 Å². The van der Waals surface area contributed by atoms with Crippen LogP contribution in [-0.4, -0.2) is 9.78 Å². The van der Waals surface area contributed by atoms with Crippen LogP contribution in [0.2, 0.25) is 0 Å². The Morgan fingerprint density at radius 2 is 1.94 bits per heavy atom. The van der Waals surface area contributed by atoms with Crippen molar-refractivity contribution in [3.05, 3.63) is 18.0 Å². The first-order valence-corrected chi connectivity index (χ1v) is 14.7. The summed E-state index contributed by atoms with van der Waals surface area (Å²) in [6.07, 6.45) is 25.8. The third-order valence-electron chi connectivity index (χ3n) is 12.3. The van der Waals surface area contributed by atoms with Gasteiger partial charge in [0.15, 0.2) is 0 Å². The molecule has 4 aliphatic carbocycles. The SMILES string of the molecule is C#Cc1cnn(CC(C#N)C2CCCC3C4CCC5(C)CC(CCC)CCC5(C)C4CCC23C)c1. The van der Waals surface area contributed by atoms with E-state index < -0.39 is 0 Å². The first kappa shape index (κ1) is 24.9. The molecule has 0 aromatic carbocycles. The summed E-state index contributed by atoms with van der Waals surface area (Å²) in [5, 5.41) is 14.8. The highest BCUT2D eigenvalue weighted by Gasteiger charge is 2.62. The van der Waals surface area contributed by atoms with Crippen molar-refractivity contribution >= 4 is 0 Å². The topological polar surface area (TPSA) is 41.6 Å². The van der Waals surface area contributed by atoms with Crippen LogP contribution >= 0.6 is 0 Å². The van der Waals surface area contributed by atoms with Crippen LogP contribution in [0.1, 0.15) is 110 Å². The van der Waals surface area contributed by atoms with Crippen LogP contribution < -0.4 is 0 Å². The Kier molecular flexibility index (Phi) is 6.62. The molecule has 1 heterocycles. The molecule has 9 atom stereocenters. The van der Waals surface area contributed by atoms with E-state index in [1.807, 2.05) is 10.9 Å². The fourth-order valence-electron chi connectivity index (χ4n) is 10.3. The van der Waals surface area contributed by atoms with Gasteiger partial charge in [-0.2, -0.15) is 10.4 Å². The Morgan fingerprint density at radius 1 is 1.11 bits per heavy atom. The first-order chi connectivity index (χ1) is 16.8. The van der Waals surface area contributed by atoms with Gasteiger partial charge >= 0.3 is 0 Å². The molecule has 4 saturated carbocycles. The molecule has 0 saturated heterocycles. The average Bonchev–Trinajstić information content (AvgIpc) is 3.30. The molecule has 0 radical (unpaired) electrons. The third kappa shape index (κ3) is 3.97. The van der Waals surface area contributed by atoms with Crippen molar-refractivity contribution in [3.8, 4) is 18.4 Å². The van der Waals surface area contributed by atoms with Gasteiger partial charge in [-0.15, -0.1) is 6.42 Å². The molecule has 190 valence electrons. The van der Waals surface area contributed by atoms with E-state index >= 15 is 0 Å². The lowest BCUT2D eigenvalue weighted by atomic mass is 9.37. The number of fused-ring (bicyclic) bond motifs is 5. The van der Waals surface area contributed by atoms with Gasteiger partial charge in [0.05, 0.1) is 30.3 Å². The molecule has 4 aliphatic rings. The average molecular weight is 474 g/mol. The number of nitriles is 1. The summed E-state index contributed by atoms with van der Waals surface area (Å²) in [5.41, 5.74) is 2.12. The van der Waals surface area contributed by atoms with Crippen LogP contribution in [-0.2, 0) is 6.54 Å². The van der Waals surface area contributed by atoms with Crippen molar-refractivity contribution in [1.29, 1.82) is 5.26 Å². The maximum absolute atomic E-state index is 10.3. The van der Waals surface area contributed by atoms with Crippen molar-refractivity contribution in [1.82, 2.24) is 9.78 Å². The highest BCUT2D eigenvalue weighted by atomic mass is 15.3. The minimum Gasteiger partial charge on any atom is -0.270 e. The Morgan fingerprint density at radius 3 is 2.66 bits per heavy atom. The zero-order chi connectivity index (χ0) is 24.8. The summed E-state index contributed by atoms with van der Waals surface area (Å²) in [6, 6.07) is 2.74. The summed E-state index contributed by atoms with van der Waals surface area (Å²) >= 11 is 0. The van der Waals surface area contributed by atoms with Crippen LogP contribution in [0.25, 0.3) is 0 Å². The third-order valence-corrected chi connectivity index (χ3v) is 12.3. The van der Waals surface area contributed by atoms with Crippen LogP contribution in [0.4, 0.5) is 0 Å². The van der Waals surface area contributed by atoms with Crippen molar-refractivity contribution < 1.29 is 0 Å². The molecular formula is C32H47N3. The summed E-state index contributed by atoms with van der Waals surface area (Å²) in [4.78, 5) is 0. The maximum Gasteiger partial charge on any atom is 0.0692 e. The molecule has 0 bridgehead atoms. The number of nitrogens with zero attached hydrogens (tertiary/aromatic N) is 3. The van der Waals surface area contributed by atoms with Gasteiger partial charge in [-0.1, -0.05) is 52.9 Å². The largest absolute Gasteiger partial charge is 0.270 e. The molecule has 1 aromatic heterocycles. The van der Waals surface area contributed by atoms with Crippen LogP contribution in [0.15, 0.2) is 12.4 Å². The standard InChI is InChI=1S/C32H47N3/c1-6-9-24-12-17-32(5)29-14-16-31(4)27(25(19-33)22-35-21-23(7-2)20-34-35)10-8-11-28(31)26(29)13-15-30(32,3)18-24/h2,20-21,24-29H,6,8-18,22H2,1,3-5H3. The summed E-state index contributed by atoms with van der Waals surface area (Å²) in [6.45, 7) is 11.0. The Hall–Kier alpha value is -1.74. The maximum atomic E-state index is 10.3. The van der Waals surface area contributed by atoms with Gasteiger partial charge in [-0.3, -0.25) is 4.68 Å². The Bertz CT molecular complexity index is 995. The number of aromatic nitrogens is 2. The van der Waals surface area contributed by atoms with E-state index in [0.717, 1.165) is 29.2 Å². The number of hydrogen-bond acceptors (Lipinski definition) is 2. The second-order valence-electron chi connectivity index (χ2n) is 13.7. The summed E-state index contributed by atoms with van der Waals surface area (Å²) < 4.78 is 1.92. The number of hydrogen-bond donors (Lipinski definition) is 0. The second-order valence-corrected chi connectivity index (χ2v) is 13.7. The lowest BCUT2D eigenvalue weighted by Gasteiger charge is -2.67. The van der Waals surface area contributed by atoms with Crippen molar-refractivity contribution in [2.45, 2.75) is 111 Å². The van der Waals surface area contributed by atoms with Gasteiger partial charge in [0.25, 0.3) is 0 Å². The van der Waals surface area contributed by atoms with Crippen molar-refractivity contribution in [2.24, 2.45) is 51.8 Å². The van der Waals surface area contributed by atoms with Crippen molar-refractivity contribution in [2.75, 3.05) is 0 Å². The van der Waals surface area contributed by atoms with Gasteiger partial charge in [0, 0.05) is 6.20 Å². The van der Waals surface area contributed by atoms with E-state index in [0.29, 0.717) is 23.3 Å². The summed E-state index contributed by atoms with van der Waals surface area (Å²) in [5.74, 6) is 6.63. The van der Waals surface area contributed by atoms with E-state index in [9.17, 15) is 5.26 Å². The lowest BCUT2D eigenvalue weighted by molar-refractivity contribution is -0.182. The minimum absolute atomic E-state index is 0.0128. The molecule has 3 nitrogen and oxygen atoms in total. The molecule has 0 amide bonds. The van der Waals surface area contributed by atoms with E-state index in [4.69, 9.17) is 6.42 Å². The fourth-order valence-corrected chi connectivity index (χ4v) is 10.3. The normalized spacial score (nSPS) is 43.7. The van der Waals surface area contributed by atoms with Crippen LogP contribution in [0.3, 0.4) is 0 Å². The van der Waals surface area contributed by atoms with Crippen LogP contribution in [0.5, 0.6) is 0 Å². The smallest absolute Gasteiger partial charge is 0.0692 e. The van der Waals surface area contributed by atoms with Gasteiger partial charge in [0.1, 0.15) is 0 Å². The predicted molar refractivity (Wildman–Crippen MR) is 142 cm³/mol. The van der Waals surface area contributed by atoms with Gasteiger partial charge < -0.3 is 0 Å². The molecule has 9 unspecified atom stereocenters. The highest BCUT2D eigenvalue weighted by Crippen LogP contribution is 2.71. The molecule has 3 heteroatoms. The van der Waals surface area contributed by atoms with E-state index in [2.05, 4.69) is 44.8 Å². The van der Waals surface area contributed by atoms with E-state index in [1.165, 1.54) is 77.0 Å². The first-order valence-electron chi connectivity index (χ1n) is 14.7. The van der Waals surface area contributed by atoms with E-state index in [-0.39, 0.29) is 11.3 Å². The molecule has 1 aromatic rings. The monoisotopic (exact) mass is 473 g/mol. The zero-order valence-corrected chi connectivity index (χ0v) is 22.7. The summed E-state index contributed by atoms with van der Waals surface area (Å²) in [7, 11) is 0. The number of rotatable bonds is 5. The highest BCUT2D eigenvalue weighted by molar-refractivity contribution is 5.26. The molecule has 4 fully saturated rings.